The van der Waals surface area contributed by atoms with Gasteiger partial charge in [0.2, 0.25) is 0 Å². The van der Waals surface area contributed by atoms with Crippen molar-refractivity contribution in [3.63, 3.8) is 0 Å². The van der Waals surface area contributed by atoms with E-state index < -0.39 is 11.6 Å². The minimum Gasteiger partial charge on any atom is -0.459 e. The summed E-state index contributed by atoms with van der Waals surface area (Å²) in [7, 11) is 0. The van der Waals surface area contributed by atoms with Crippen molar-refractivity contribution in [3.05, 3.63) is 35.4 Å². The van der Waals surface area contributed by atoms with Crippen LogP contribution in [0.25, 0.3) is 0 Å². The third-order valence-electron chi connectivity index (χ3n) is 2.25. The zero-order valence-electron chi connectivity index (χ0n) is 11.0. The van der Waals surface area contributed by atoms with Crippen molar-refractivity contribution in [3.8, 4) is 0 Å². The molecule has 0 amide bonds. The third kappa shape index (κ3) is 5.00. The Morgan fingerprint density at radius 1 is 1.41 bits per heavy atom. The molecule has 94 valence electrons. The van der Waals surface area contributed by atoms with Gasteiger partial charge in [0.25, 0.3) is 0 Å². The quantitative estimate of drug-likeness (QED) is 0.817. The van der Waals surface area contributed by atoms with Gasteiger partial charge in [0, 0.05) is 0 Å². The van der Waals surface area contributed by atoms with Crippen LogP contribution in [-0.2, 0) is 16.0 Å². The van der Waals surface area contributed by atoms with Crippen LogP contribution in [0.15, 0.2) is 24.3 Å². The zero-order chi connectivity index (χ0) is 13.1. The van der Waals surface area contributed by atoms with E-state index in [1.54, 1.807) is 0 Å². The Morgan fingerprint density at radius 2 is 2.06 bits per heavy atom. The van der Waals surface area contributed by atoms with Crippen LogP contribution < -0.4 is 5.73 Å². The normalized spacial score (nSPS) is 13.2. The maximum Gasteiger partial charge on any atom is 0.323 e. The number of ether oxygens (including phenoxy) is 1. The maximum atomic E-state index is 11.7. The number of carbonyl (C=O) groups is 1. The summed E-state index contributed by atoms with van der Waals surface area (Å²) in [5.74, 6) is -0.348. The molecule has 17 heavy (non-hydrogen) atoms. The third-order valence-corrected chi connectivity index (χ3v) is 2.25. The number of rotatable bonds is 3. The highest BCUT2D eigenvalue weighted by atomic mass is 16.6. The average molecular weight is 235 g/mol. The van der Waals surface area contributed by atoms with Crippen LogP contribution in [0.1, 0.15) is 31.9 Å². The molecule has 0 heterocycles. The van der Waals surface area contributed by atoms with Crippen molar-refractivity contribution in [1.29, 1.82) is 0 Å². The lowest BCUT2D eigenvalue weighted by atomic mass is 10.0. The average Bonchev–Trinajstić information content (AvgIpc) is 2.14. The molecule has 2 N–H and O–H groups in total. The summed E-state index contributed by atoms with van der Waals surface area (Å²) < 4.78 is 5.24. The molecule has 0 spiro atoms. The standard InChI is InChI=1S/C14H21NO2/c1-10-6-5-7-11(8-10)9-12(15)13(16)17-14(2,3)4/h5-8,12H,9,15H2,1-4H3/t12-/m1/s1. The lowest BCUT2D eigenvalue weighted by molar-refractivity contribution is -0.156. The first-order valence-corrected chi connectivity index (χ1v) is 5.82. The van der Waals surface area contributed by atoms with Crippen LogP contribution in [0, 0.1) is 6.92 Å². The molecule has 0 aliphatic heterocycles. The number of esters is 1. The molecule has 3 nitrogen and oxygen atoms in total. The summed E-state index contributed by atoms with van der Waals surface area (Å²) >= 11 is 0. The van der Waals surface area contributed by atoms with E-state index in [4.69, 9.17) is 10.5 Å². The Balaban J connectivity index is 2.60. The van der Waals surface area contributed by atoms with Gasteiger partial charge in [0.05, 0.1) is 0 Å². The Labute approximate surface area is 103 Å². The van der Waals surface area contributed by atoms with Gasteiger partial charge in [-0.25, -0.2) is 0 Å². The monoisotopic (exact) mass is 235 g/mol. The molecular formula is C14H21NO2. The first kappa shape index (κ1) is 13.7. The van der Waals surface area contributed by atoms with E-state index >= 15 is 0 Å². The fourth-order valence-electron chi connectivity index (χ4n) is 1.55. The summed E-state index contributed by atoms with van der Waals surface area (Å²) in [5, 5.41) is 0. The lowest BCUT2D eigenvalue weighted by Gasteiger charge is -2.22. The highest BCUT2D eigenvalue weighted by molar-refractivity contribution is 5.76. The fraction of sp³-hybridized carbons (Fsp3) is 0.500. The molecule has 1 aromatic rings. The molecule has 0 saturated carbocycles. The van der Waals surface area contributed by atoms with Crippen LogP contribution in [0.5, 0.6) is 0 Å². The number of aryl methyl sites for hydroxylation is 1. The molecule has 0 fully saturated rings. The summed E-state index contributed by atoms with van der Waals surface area (Å²) in [5.41, 5.74) is 7.57. The second kappa shape index (κ2) is 5.32. The first-order chi connectivity index (χ1) is 7.78. The minimum absolute atomic E-state index is 0.348. The van der Waals surface area contributed by atoms with Gasteiger partial charge in [-0.3, -0.25) is 4.79 Å². The topological polar surface area (TPSA) is 52.3 Å². The van der Waals surface area contributed by atoms with Crippen LogP contribution >= 0.6 is 0 Å². The predicted molar refractivity (Wildman–Crippen MR) is 68.7 cm³/mol. The lowest BCUT2D eigenvalue weighted by Crippen LogP contribution is -2.38. The number of hydrogen-bond donors (Lipinski definition) is 1. The number of hydrogen-bond acceptors (Lipinski definition) is 3. The van der Waals surface area contributed by atoms with Crippen molar-refractivity contribution >= 4 is 5.97 Å². The highest BCUT2D eigenvalue weighted by Crippen LogP contribution is 2.11. The largest absolute Gasteiger partial charge is 0.459 e. The molecule has 0 saturated heterocycles. The zero-order valence-corrected chi connectivity index (χ0v) is 11.0. The van der Waals surface area contributed by atoms with E-state index in [0.29, 0.717) is 6.42 Å². The molecule has 1 atom stereocenters. The van der Waals surface area contributed by atoms with Crippen LogP contribution in [0.2, 0.25) is 0 Å². The minimum atomic E-state index is -0.601. The van der Waals surface area contributed by atoms with Gasteiger partial charge < -0.3 is 10.5 Å². The van der Waals surface area contributed by atoms with Crippen molar-refractivity contribution in [2.75, 3.05) is 0 Å². The van der Waals surface area contributed by atoms with E-state index in [2.05, 4.69) is 0 Å². The summed E-state index contributed by atoms with van der Waals surface area (Å²) in [6.45, 7) is 7.53. The number of carbonyl (C=O) groups excluding carboxylic acids is 1. The fourth-order valence-corrected chi connectivity index (χ4v) is 1.55. The molecule has 0 aliphatic rings. The molecule has 0 bridgehead atoms. The molecule has 1 aromatic carbocycles. The Bertz CT molecular complexity index is 393. The van der Waals surface area contributed by atoms with Gasteiger partial charge in [0.15, 0.2) is 0 Å². The van der Waals surface area contributed by atoms with Gasteiger partial charge in [0.1, 0.15) is 11.6 Å². The SMILES string of the molecule is Cc1cccc(C[C@@H](N)C(=O)OC(C)(C)C)c1. The van der Waals surface area contributed by atoms with Crippen LogP contribution in [0.3, 0.4) is 0 Å². The molecule has 0 radical (unpaired) electrons. The molecule has 1 rings (SSSR count). The second-order valence-electron chi connectivity index (χ2n) is 5.33. The van der Waals surface area contributed by atoms with Gasteiger partial charge >= 0.3 is 5.97 Å². The van der Waals surface area contributed by atoms with E-state index in [1.807, 2.05) is 52.0 Å². The van der Waals surface area contributed by atoms with Gasteiger partial charge in [-0.05, 0) is 39.7 Å². The predicted octanol–water partition coefficient (Wildman–Crippen LogP) is 2.21. The Morgan fingerprint density at radius 3 is 2.59 bits per heavy atom. The van der Waals surface area contributed by atoms with Gasteiger partial charge in [-0.1, -0.05) is 29.8 Å². The van der Waals surface area contributed by atoms with Crippen LogP contribution in [-0.4, -0.2) is 17.6 Å². The van der Waals surface area contributed by atoms with Crippen molar-refractivity contribution < 1.29 is 9.53 Å². The van der Waals surface area contributed by atoms with E-state index in [9.17, 15) is 4.79 Å². The van der Waals surface area contributed by atoms with Crippen molar-refractivity contribution in [2.45, 2.75) is 45.8 Å². The van der Waals surface area contributed by atoms with E-state index in [1.165, 1.54) is 5.56 Å². The Kier molecular flexibility index (Phi) is 4.29. The molecule has 0 unspecified atom stereocenters. The number of nitrogens with two attached hydrogens (primary N) is 1. The smallest absolute Gasteiger partial charge is 0.323 e. The molecular weight excluding hydrogens is 214 g/mol. The molecule has 0 aliphatic carbocycles. The first-order valence-electron chi connectivity index (χ1n) is 5.82. The van der Waals surface area contributed by atoms with Gasteiger partial charge in [-0.2, -0.15) is 0 Å². The summed E-state index contributed by atoms with van der Waals surface area (Å²) in [6.07, 6.45) is 0.511. The highest BCUT2D eigenvalue weighted by Gasteiger charge is 2.22. The van der Waals surface area contributed by atoms with E-state index in [0.717, 1.165) is 5.56 Å². The maximum absolute atomic E-state index is 11.7. The number of benzene rings is 1. The summed E-state index contributed by atoms with van der Waals surface area (Å²) in [6, 6.07) is 7.38. The summed E-state index contributed by atoms with van der Waals surface area (Å²) in [4.78, 5) is 11.7. The van der Waals surface area contributed by atoms with Crippen LogP contribution in [0.4, 0.5) is 0 Å². The second-order valence-corrected chi connectivity index (χ2v) is 5.33. The van der Waals surface area contributed by atoms with Gasteiger partial charge in [-0.15, -0.1) is 0 Å². The Hall–Kier alpha value is -1.35. The van der Waals surface area contributed by atoms with Crippen molar-refractivity contribution in [1.82, 2.24) is 0 Å². The molecule has 3 heteroatoms. The molecule has 0 aromatic heterocycles. The van der Waals surface area contributed by atoms with E-state index in [-0.39, 0.29) is 5.97 Å². The van der Waals surface area contributed by atoms with Crippen molar-refractivity contribution in [2.24, 2.45) is 5.73 Å².